The second-order valence-electron chi connectivity index (χ2n) is 0. The summed E-state index contributed by atoms with van der Waals surface area (Å²) in [6.45, 7) is 16.2. The van der Waals surface area contributed by atoms with Crippen LogP contribution in [0.15, 0.2) is 0 Å². The third-order valence-corrected chi connectivity index (χ3v) is 0. The molecule has 0 aromatic rings. The molecule has 5 nitrogen and oxygen atoms in total. The van der Waals surface area contributed by atoms with E-state index in [1.165, 1.54) is 0 Å². The minimum Gasteiger partial charge on any atom is -1.00 e. The molecular weight excluding hydrogens is 328 g/mol. The van der Waals surface area contributed by atoms with Crippen molar-refractivity contribution in [3.8, 4) is 0 Å². The maximum Gasteiger partial charge on any atom is 3.00 e. The molecular formula is C6H8Fe2O5S2-2. The Morgan fingerprint density at radius 3 is 0.467 bits per heavy atom. The second kappa shape index (κ2) is 305000. The number of rotatable bonds is 0. The summed E-state index contributed by atoms with van der Waals surface area (Å²) in [6, 6.07) is 0. The Balaban J connectivity index is -0.00000000396. The molecule has 0 atom stereocenters. The van der Waals surface area contributed by atoms with E-state index < -0.39 is 0 Å². The van der Waals surface area contributed by atoms with Crippen LogP contribution >= 0.6 is 0 Å². The normalized spacial score (nSPS) is 1.73. The predicted octanol–water partition coefficient (Wildman–Crippen LogP) is -0.930. The molecule has 0 aromatic carbocycles. The van der Waals surface area contributed by atoms with Gasteiger partial charge < -0.3 is 54.7 Å². The molecule has 0 amide bonds. The molecule has 15 heavy (non-hydrogen) atoms. The van der Waals surface area contributed by atoms with Crippen molar-refractivity contribution in [3.63, 3.8) is 0 Å². The van der Waals surface area contributed by atoms with Gasteiger partial charge in [0, 0.05) is 0 Å². The Morgan fingerprint density at radius 2 is 0.467 bits per heavy atom. The van der Waals surface area contributed by atoms with Gasteiger partial charge in [0.1, 0.15) is 0 Å². The molecule has 0 aromatic heterocycles. The molecule has 0 aliphatic carbocycles. The monoisotopic (exact) mass is 336 g/mol. The van der Waals surface area contributed by atoms with Crippen LogP contribution < -0.4 is 0 Å². The zero-order valence-corrected chi connectivity index (χ0v) is 11.3. The van der Waals surface area contributed by atoms with Crippen LogP contribution in [0.25, 0.3) is 0 Å². The fourth-order valence-corrected chi connectivity index (χ4v) is 0. The number of hydrogen-bond acceptors (Lipinski definition) is 7. The molecule has 0 fully saturated rings. The molecule has 0 saturated heterocycles. The molecule has 0 bridgehead atoms. The number of carbonyl (C=O) groups excluding carboxylic acids is 5. The zero-order chi connectivity index (χ0) is 12.0. The largest absolute Gasteiger partial charge is 3.00 e. The Kier molecular flexibility index (Phi) is 1640000. The Morgan fingerprint density at radius 1 is 0.467 bits per heavy atom. The Bertz CT molecular complexity index is 39.1. The van der Waals surface area contributed by atoms with Crippen LogP contribution in [0.1, 0.15) is 0 Å². The standard InChI is InChI=1S/5CHO.CH3.2Fe.S2/c5*1-2;;;;1-2/h5*1H;1H3;;;/q6*-1;2*+3;-2. The van der Waals surface area contributed by atoms with Crippen LogP contribution in [0.3, 0.4) is 0 Å². The predicted molar refractivity (Wildman–Crippen MR) is 54.9 cm³/mol. The SMILES string of the molecule is [CH-]=O.[CH-]=O.[CH-]=O.[CH-]=O.[CH-]=O.[CH3-].[Fe+3].[Fe+3].[S-][S-]. The molecule has 2 radical (unpaired) electrons. The summed E-state index contributed by atoms with van der Waals surface area (Å²) in [5, 5.41) is 0. The summed E-state index contributed by atoms with van der Waals surface area (Å²) in [4.78, 5) is 38.8. The van der Waals surface area contributed by atoms with E-state index in [2.05, 4.69) is 57.3 Å². The first-order chi connectivity index (χ1) is 6.00. The number of hydrogen-bond donors (Lipinski definition) is 0. The molecule has 0 heterocycles. The van der Waals surface area contributed by atoms with Crippen molar-refractivity contribution in [1.82, 2.24) is 0 Å². The summed E-state index contributed by atoms with van der Waals surface area (Å²) in [6.07, 6.45) is 0. The quantitative estimate of drug-likeness (QED) is 0.186. The van der Waals surface area contributed by atoms with Crippen LogP contribution in [-0.4, -0.2) is 33.9 Å². The van der Waals surface area contributed by atoms with E-state index in [0.29, 0.717) is 0 Å². The summed E-state index contributed by atoms with van der Waals surface area (Å²) in [5.74, 6) is 0. The summed E-state index contributed by atoms with van der Waals surface area (Å²) in [5.41, 5.74) is 0. The van der Waals surface area contributed by atoms with Crippen LogP contribution in [0.2, 0.25) is 0 Å². The molecule has 0 saturated carbocycles. The molecule has 0 spiro atoms. The van der Waals surface area contributed by atoms with Gasteiger partial charge in [0.15, 0.2) is 0 Å². The maximum absolute atomic E-state index is 7.75. The van der Waals surface area contributed by atoms with Crippen molar-refractivity contribution >= 4 is 57.3 Å². The fraction of sp³-hybridized carbons (Fsp3) is 0. The van der Waals surface area contributed by atoms with Crippen molar-refractivity contribution in [2.75, 3.05) is 0 Å². The van der Waals surface area contributed by atoms with Gasteiger partial charge in [-0.25, -0.2) is 0 Å². The maximum atomic E-state index is 7.75. The molecule has 0 N–H and O–H groups in total. The van der Waals surface area contributed by atoms with E-state index in [1.807, 2.05) is 0 Å². The van der Waals surface area contributed by atoms with Gasteiger partial charge in [-0.05, 0) is 0 Å². The van der Waals surface area contributed by atoms with Crippen LogP contribution in [0.4, 0.5) is 0 Å². The first-order valence-electron chi connectivity index (χ1n) is 1.35. The van der Waals surface area contributed by atoms with Gasteiger partial charge in [-0.2, -0.15) is 0 Å². The van der Waals surface area contributed by atoms with Gasteiger partial charge in [0.2, 0.25) is 0 Å². The van der Waals surface area contributed by atoms with E-state index in [1.54, 1.807) is 0 Å². The van der Waals surface area contributed by atoms with E-state index >= 15 is 0 Å². The molecule has 0 rings (SSSR count). The Labute approximate surface area is 122 Å². The summed E-state index contributed by atoms with van der Waals surface area (Å²) in [7, 11) is 0. The summed E-state index contributed by atoms with van der Waals surface area (Å²) < 4.78 is 0. The van der Waals surface area contributed by atoms with Gasteiger partial charge in [-0.1, -0.05) is 0 Å². The second-order valence-corrected chi connectivity index (χ2v) is 0. The van der Waals surface area contributed by atoms with E-state index in [-0.39, 0.29) is 41.6 Å². The van der Waals surface area contributed by atoms with Gasteiger partial charge >= 0.3 is 34.1 Å². The molecule has 0 aliphatic rings. The van der Waals surface area contributed by atoms with Gasteiger partial charge in [0.05, 0.1) is 0 Å². The molecule has 0 aliphatic heterocycles. The average Bonchev–Trinajstić information content (AvgIpc) is 2.33. The third kappa shape index (κ3) is 260000. The van der Waals surface area contributed by atoms with Crippen molar-refractivity contribution < 1.29 is 58.1 Å². The topological polar surface area (TPSA) is 85.3 Å². The smallest absolute Gasteiger partial charge is 1.00 e. The van der Waals surface area contributed by atoms with Gasteiger partial charge in [-0.3, -0.25) is 33.9 Å². The minimum atomic E-state index is 0. The first kappa shape index (κ1) is 80.8. The van der Waals surface area contributed by atoms with Crippen molar-refractivity contribution in [2.24, 2.45) is 0 Å². The average molecular weight is 336 g/mol. The van der Waals surface area contributed by atoms with E-state index in [0.717, 1.165) is 0 Å². The fourth-order valence-electron chi connectivity index (χ4n) is 0. The van der Waals surface area contributed by atoms with Crippen LogP contribution in [0, 0.1) is 7.43 Å². The van der Waals surface area contributed by atoms with Crippen molar-refractivity contribution in [1.29, 1.82) is 0 Å². The van der Waals surface area contributed by atoms with Crippen LogP contribution in [0.5, 0.6) is 0 Å². The molecule has 92 valence electrons. The third-order valence-electron chi connectivity index (χ3n) is 0. The van der Waals surface area contributed by atoms with Crippen LogP contribution in [-0.2, 0) is 81.4 Å². The van der Waals surface area contributed by atoms with Gasteiger partial charge in [-0.15, -0.1) is 0 Å². The van der Waals surface area contributed by atoms with Gasteiger partial charge in [0.25, 0.3) is 0 Å². The van der Waals surface area contributed by atoms with E-state index in [4.69, 9.17) is 24.0 Å². The molecule has 0 unspecified atom stereocenters. The molecule has 9 heteroatoms. The van der Waals surface area contributed by atoms with Crippen molar-refractivity contribution in [3.05, 3.63) is 7.43 Å². The summed E-state index contributed by atoms with van der Waals surface area (Å²) >= 11 is 7.33. The minimum absolute atomic E-state index is 0. The van der Waals surface area contributed by atoms with E-state index in [9.17, 15) is 0 Å². The van der Waals surface area contributed by atoms with Crippen molar-refractivity contribution in [2.45, 2.75) is 0 Å². The first-order valence-corrected chi connectivity index (χ1v) is 2.68. The zero-order valence-electron chi connectivity index (χ0n) is 7.45. The Hall–Kier alpha value is 0.0890.